The van der Waals surface area contributed by atoms with Crippen LogP contribution in [-0.4, -0.2) is 34.4 Å². The SMILES string of the molecule is Cc1cccc2[nH]c(C(=O)N(C)[C@@H]3COCc4[nH]c(=O)c5cc(F)c(F)cc5c43)cc12. The lowest BCUT2D eigenvalue weighted by Crippen LogP contribution is -2.37. The maximum Gasteiger partial charge on any atom is 0.270 e. The Balaban J connectivity index is 1.62. The summed E-state index contributed by atoms with van der Waals surface area (Å²) in [5, 5.41) is 1.26. The number of nitrogens with one attached hydrogen (secondary N) is 2. The van der Waals surface area contributed by atoms with Crippen molar-refractivity contribution in [3.63, 3.8) is 0 Å². The van der Waals surface area contributed by atoms with Crippen molar-refractivity contribution in [1.82, 2.24) is 14.9 Å². The van der Waals surface area contributed by atoms with Crippen LogP contribution in [0.3, 0.4) is 0 Å². The zero-order valence-corrected chi connectivity index (χ0v) is 16.9. The van der Waals surface area contributed by atoms with E-state index in [-0.39, 0.29) is 29.9 Å². The molecule has 5 rings (SSSR count). The highest BCUT2D eigenvalue weighted by atomic mass is 19.2. The normalized spacial score (nSPS) is 15.9. The third-order valence-corrected chi connectivity index (χ3v) is 5.94. The van der Waals surface area contributed by atoms with Crippen LogP contribution in [0.1, 0.15) is 33.4 Å². The van der Waals surface area contributed by atoms with Crippen molar-refractivity contribution in [1.29, 1.82) is 0 Å². The number of pyridine rings is 1. The maximum absolute atomic E-state index is 14.1. The number of amides is 1. The zero-order valence-electron chi connectivity index (χ0n) is 16.9. The molecule has 1 aliphatic rings. The smallest absolute Gasteiger partial charge is 0.270 e. The van der Waals surface area contributed by atoms with E-state index >= 15 is 0 Å². The first-order valence-electron chi connectivity index (χ1n) is 9.82. The van der Waals surface area contributed by atoms with Gasteiger partial charge in [0.15, 0.2) is 11.6 Å². The highest BCUT2D eigenvalue weighted by Crippen LogP contribution is 2.34. The lowest BCUT2D eigenvalue weighted by atomic mass is 9.95. The van der Waals surface area contributed by atoms with Crippen LogP contribution >= 0.6 is 0 Å². The molecule has 8 heteroatoms. The Morgan fingerprint density at radius 3 is 2.58 bits per heavy atom. The van der Waals surface area contributed by atoms with Gasteiger partial charge in [-0.2, -0.15) is 0 Å². The van der Waals surface area contributed by atoms with Gasteiger partial charge in [-0.1, -0.05) is 12.1 Å². The van der Waals surface area contributed by atoms with E-state index < -0.39 is 23.2 Å². The molecule has 158 valence electrons. The number of aromatic nitrogens is 2. The zero-order chi connectivity index (χ0) is 21.9. The van der Waals surface area contributed by atoms with Gasteiger partial charge in [-0.3, -0.25) is 9.59 Å². The quantitative estimate of drug-likeness (QED) is 0.513. The van der Waals surface area contributed by atoms with E-state index in [1.54, 1.807) is 13.1 Å². The molecule has 0 fully saturated rings. The fraction of sp³-hybridized carbons (Fsp3) is 0.217. The summed E-state index contributed by atoms with van der Waals surface area (Å²) in [7, 11) is 1.63. The number of H-pyrrole nitrogens is 2. The lowest BCUT2D eigenvalue weighted by molar-refractivity contribution is 0.0333. The molecule has 0 aliphatic carbocycles. The van der Waals surface area contributed by atoms with Gasteiger partial charge in [0.05, 0.1) is 24.6 Å². The highest BCUT2D eigenvalue weighted by molar-refractivity contribution is 5.99. The largest absolute Gasteiger partial charge is 0.373 e. The summed E-state index contributed by atoms with van der Waals surface area (Å²) in [6, 6.07) is 8.89. The Morgan fingerprint density at radius 2 is 1.84 bits per heavy atom. The monoisotopic (exact) mass is 423 g/mol. The van der Waals surface area contributed by atoms with E-state index in [1.807, 2.05) is 25.1 Å². The molecule has 2 N–H and O–H groups in total. The average Bonchev–Trinajstić information content (AvgIpc) is 3.19. The molecular weight excluding hydrogens is 404 g/mol. The van der Waals surface area contributed by atoms with Gasteiger partial charge >= 0.3 is 0 Å². The molecular formula is C23H19F2N3O3. The molecule has 0 unspecified atom stereocenters. The van der Waals surface area contributed by atoms with E-state index in [4.69, 9.17) is 4.74 Å². The topological polar surface area (TPSA) is 78.2 Å². The number of nitrogens with zero attached hydrogens (tertiary/aromatic N) is 1. The second-order valence-corrected chi connectivity index (χ2v) is 7.82. The Kier molecular flexibility index (Phi) is 4.40. The summed E-state index contributed by atoms with van der Waals surface area (Å²) in [6.45, 7) is 2.24. The van der Waals surface area contributed by atoms with Crippen LogP contribution < -0.4 is 5.56 Å². The van der Waals surface area contributed by atoms with Crippen molar-refractivity contribution < 1.29 is 18.3 Å². The number of carbonyl (C=O) groups is 1. The molecule has 0 saturated heterocycles. The first-order chi connectivity index (χ1) is 14.8. The predicted molar refractivity (Wildman–Crippen MR) is 112 cm³/mol. The summed E-state index contributed by atoms with van der Waals surface area (Å²) in [6.07, 6.45) is 0. The number of hydrogen-bond acceptors (Lipinski definition) is 3. The van der Waals surface area contributed by atoms with Crippen LogP contribution in [0.2, 0.25) is 0 Å². The Morgan fingerprint density at radius 1 is 1.10 bits per heavy atom. The minimum atomic E-state index is -1.10. The standard InChI is InChI=1S/C23H19F2N3O3/c1-11-4-3-5-17-12(11)8-18(26-17)23(30)28(2)20-10-31-9-19-21(20)13-6-15(24)16(25)7-14(13)22(29)27-19/h3-8,20,26H,9-10H2,1-2H3,(H,27,29)/t20-/m1/s1. The van der Waals surface area contributed by atoms with Gasteiger partial charge in [-0.25, -0.2) is 8.78 Å². The number of carbonyl (C=O) groups excluding carboxylic acids is 1. The Labute approximate surface area is 175 Å². The van der Waals surface area contributed by atoms with Crippen molar-refractivity contribution in [2.24, 2.45) is 0 Å². The number of aromatic amines is 2. The molecule has 6 nitrogen and oxygen atoms in total. The minimum Gasteiger partial charge on any atom is -0.373 e. The van der Waals surface area contributed by atoms with Crippen molar-refractivity contribution in [2.45, 2.75) is 19.6 Å². The molecule has 0 spiro atoms. The summed E-state index contributed by atoms with van der Waals surface area (Å²) >= 11 is 0. The number of benzene rings is 2. The number of hydrogen-bond donors (Lipinski definition) is 2. The summed E-state index contributed by atoms with van der Waals surface area (Å²) in [5.41, 5.74) is 2.78. The number of ether oxygens (including phenoxy) is 1. The molecule has 0 radical (unpaired) electrons. The number of rotatable bonds is 2. The van der Waals surface area contributed by atoms with E-state index in [9.17, 15) is 18.4 Å². The maximum atomic E-state index is 14.1. The summed E-state index contributed by atoms with van der Waals surface area (Å²) < 4.78 is 33.4. The number of aryl methyl sites for hydroxylation is 1. The first kappa shape index (κ1) is 19.4. The first-order valence-corrected chi connectivity index (χ1v) is 9.82. The van der Waals surface area contributed by atoms with Crippen molar-refractivity contribution in [2.75, 3.05) is 13.7 Å². The Bertz CT molecular complexity index is 1420. The molecule has 1 amide bonds. The second-order valence-electron chi connectivity index (χ2n) is 7.82. The molecule has 2 aromatic carbocycles. The molecule has 0 bridgehead atoms. The lowest BCUT2D eigenvalue weighted by Gasteiger charge is -2.33. The Hall–Kier alpha value is -3.52. The summed E-state index contributed by atoms with van der Waals surface area (Å²) in [4.78, 5) is 33.0. The molecule has 1 aliphatic heterocycles. The number of halogens is 2. The van der Waals surface area contributed by atoms with Crippen molar-refractivity contribution >= 4 is 27.6 Å². The molecule has 31 heavy (non-hydrogen) atoms. The molecule has 1 atom stereocenters. The van der Waals surface area contributed by atoms with Crippen molar-refractivity contribution in [3.05, 3.63) is 80.9 Å². The average molecular weight is 423 g/mol. The summed E-state index contributed by atoms with van der Waals surface area (Å²) in [5.74, 6) is -2.43. The van der Waals surface area contributed by atoms with Gasteiger partial charge in [0, 0.05) is 29.2 Å². The number of likely N-dealkylation sites (N-methyl/N-ethyl adjacent to an activating group) is 1. The van der Waals surface area contributed by atoms with Crippen LogP contribution in [0.4, 0.5) is 8.78 Å². The third-order valence-electron chi connectivity index (χ3n) is 5.94. The van der Waals surface area contributed by atoms with E-state index in [0.29, 0.717) is 17.0 Å². The van der Waals surface area contributed by atoms with Gasteiger partial charge < -0.3 is 19.6 Å². The second kappa shape index (κ2) is 7.02. The number of fused-ring (bicyclic) bond motifs is 4. The third kappa shape index (κ3) is 3.02. The molecule has 3 heterocycles. The van der Waals surface area contributed by atoms with Crippen LogP contribution in [-0.2, 0) is 11.3 Å². The molecule has 2 aromatic heterocycles. The van der Waals surface area contributed by atoms with Crippen LogP contribution in [0, 0.1) is 18.6 Å². The van der Waals surface area contributed by atoms with Crippen LogP contribution in [0.15, 0.2) is 41.2 Å². The fourth-order valence-electron chi connectivity index (χ4n) is 4.30. The van der Waals surface area contributed by atoms with Gasteiger partial charge in [0.1, 0.15) is 5.69 Å². The van der Waals surface area contributed by atoms with Crippen LogP contribution in [0.5, 0.6) is 0 Å². The van der Waals surface area contributed by atoms with E-state index in [2.05, 4.69) is 9.97 Å². The van der Waals surface area contributed by atoms with Crippen molar-refractivity contribution in [3.8, 4) is 0 Å². The fourth-order valence-corrected chi connectivity index (χ4v) is 4.30. The molecule has 4 aromatic rings. The van der Waals surface area contributed by atoms with Gasteiger partial charge in [-0.15, -0.1) is 0 Å². The van der Waals surface area contributed by atoms with Gasteiger partial charge in [-0.05, 0) is 42.1 Å². The van der Waals surface area contributed by atoms with Crippen LogP contribution in [0.25, 0.3) is 21.7 Å². The highest BCUT2D eigenvalue weighted by Gasteiger charge is 2.32. The predicted octanol–water partition coefficient (Wildman–Crippen LogP) is 3.94. The van der Waals surface area contributed by atoms with E-state index in [0.717, 1.165) is 28.6 Å². The van der Waals surface area contributed by atoms with Gasteiger partial charge in [0.25, 0.3) is 11.5 Å². The minimum absolute atomic E-state index is 0.0339. The molecule has 0 saturated carbocycles. The van der Waals surface area contributed by atoms with E-state index in [1.165, 1.54) is 4.90 Å². The van der Waals surface area contributed by atoms with Gasteiger partial charge in [0.2, 0.25) is 0 Å².